The van der Waals surface area contributed by atoms with Gasteiger partial charge in [-0.3, -0.25) is 25.5 Å². The molecule has 0 spiro atoms. The maximum Gasteiger partial charge on any atom is 0.290 e. The van der Waals surface area contributed by atoms with E-state index in [0.717, 1.165) is 29.7 Å². The molecule has 126 valence electrons. The van der Waals surface area contributed by atoms with Crippen molar-refractivity contribution in [2.75, 3.05) is 6.61 Å². The van der Waals surface area contributed by atoms with Crippen LogP contribution in [0.4, 0.5) is 0 Å². The van der Waals surface area contributed by atoms with Gasteiger partial charge in [-0.15, -0.1) is 0 Å². The number of aryl methyl sites for hydroxylation is 2. The lowest BCUT2D eigenvalue weighted by Crippen LogP contribution is -2.44. The van der Waals surface area contributed by atoms with Gasteiger partial charge >= 0.3 is 0 Å². The van der Waals surface area contributed by atoms with Crippen LogP contribution in [0.15, 0.2) is 24.3 Å². The molecule has 0 radical (unpaired) electrons. The number of hydrogen-bond donors (Lipinski definition) is 3. The zero-order valence-electron chi connectivity index (χ0n) is 13.7. The van der Waals surface area contributed by atoms with Crippen molar-refractivity contribution in [1.82, 2.24) is 21.0 Å². The average Bonchev–Trinajstić information content (AvgIpc) is 3.27. The second-order valence-corrected chi connectivity index (χ2v) is 6.10. The summed E-state index contributed by atoms with van der Waals surface area (Å²) in [5, 5.41) is 6.79. The summed E-state index contributed by atoms with van der Waals surface area (Å²) < 4.78 is 5.43. The van der Waals surface area contributed by atoms with Crippen molar-refractivity contribution in [2.24, 2.45) is 0 Å². The molecule has 0 bridgehead atoms. The molecular weight excluding hydrogens is 308 g/mol. The fourth-order valence-corrected chi connectivity index (χ4v) is 2.45. The van der Waals surface area contributed by atoms with Crippen molar-refractivity contribution in [3.8, 4) is 5.75 Å². The van der Waals surface area contributed by atoms with Gasteiger partial charge in [0.2, 0.25) is 0 Å². The number of nitrogens with one attached hydrogen (secondary N) is 3. The third-order valence-electron chi connectivity index (χ3n) is 3.73. The number of benzene rings is 1. The molecule has 0 atom stereocenters. The van der Waals surface area contributed by atoms with Crippen molar-refractivity contribution >= 4 is 11.8 Å². The number of aromatic nitrogens is 2. The average molecular weight is 328 g/mol. The highest BCUT2D eigenvalue weighted by Crippen LogP contribution is 2.38. The quantitative estimate of drug-likeness (QED) is 0.729. The number of hydrazine groups is 1. The first-order valence-electron chi connectivity index (χ1n) is 7.87. The van der Waals surface area contributed by atoms with Gasteiger partial charge in [0.25, 0.3) is 11.8 Å². The highest BCUT2D eigenvalue weighted by atomic mass is 16.5. The van der Waals surface area contributed by atoms with E-state index < -0.39 is 11.8 Å². The predicted molar refractivity (Wildman–Crippen MR) is 87.6 cm³/mol. The summed E-state index contributed by atoms with van der Waals surface area (Å²) >= 11 is 0. The van der Waals surface area contributed by atoms with Gasteiger partial charge in [0, 0.05) is 11.6 Å². The highest BCUT2D eigenvalue weighted by molar-refractivity contribution is 5.93. The maximum absolute atomic E-state index is 11.9. The van der Waals surface area contributed by atoms with E-state index in [0.29, 0.717) is 11.7 Å². The Morgan fingerprint density at radius 1 is 1.17 bits per heavy atom. The summed E-state index contributed by atoms with van der Waals surface area (Å²) in [6.07, 6.45) is 2.24. The Morgan fingerprint density at radius 3 is 2.54 bits per heavy atom. The van der Waals surface area contributed by atoms with Crippen molar-refractivity contribution in [3.05, 3.63) is 46.8 Å². The molecule has 1 aromatic heterocycles. The summed E-state index contributed by atoms with van der Waals surface area (Å²) in [6.45, 7) is 3.73. The lowest BCUT2D eigenvalue weighted by Gasteiger charge is -2.09. The number of carbonyl (C=O) groups is 2. The molecule has 3 N–H and O–H groups in total. The number of nitrogens with zero attached hydrogens (tertiary/aromatic N) is 1. The second-order valence-electron chi connectivity index (χ2n) is 6.10. The van der Waals surface area contributed by atoms with Crippen LogP contribution in [0.3, 0.4) is 0 Å². The molecule has 24 heavy (non-hydrogen) atoms. The minimum absolute atomic E-state index is 0.183. The summed E-state index contributed by atoms with van der Waals surface area (Å²) in [5.74, 6) is 0.202. The van der Waals surface area contributed by atoms with Crippen LogP contribution in [-0.4, -0.2) is 28.6 Å². The Bertz CT molecular complexity index is 745. The molecule has 3 rings (SSSR count). The fraction of sp³-hybridized carbons (Fsp3) is 0.353. The molecule has 2 amide bonds. The smallest absolute Gasteiger partial charge is 0.290 e. The van der Waals surface area contributed by atoms with E-state index in [1.807, 2.05) is 32.0 Å². The minimum Gasteiger partial charge on any atom is -0.484 e. The summed E-state index contributed by atoms with van der Waals surface area (Å²) in [7, 11) is 0. The molecule has 1 fully saturated rings. The number of amides is 2. The SMILES string of the molecule is Cc1cc(C)cc(OCC(=O)NNC(=O)c2cc(C3CC3)[nH]n2)c1. The van der Waals surface area contributed by atoms with E-state index in [4.69, 9.17) is 4.74 Å². The normalized spacial score (nSPS) is 13.4. The number of aromatic amines is 1. The number of ether oxygens (including phenoxy) is 1. The first-order valence-corrected chi connectivity index (χ1v) is 7.87. The molecule has 1 aliphatic carbocycles. The zero-order valence-corrected chi connectivity index (χ0v) is 13.7. The molecule has 1 heterocycles. The van der Waals surface area contributed by atoms with Crippen molar-refractivity contribution in [1.29, 1.82) is 0 Å². The highest BCUT2D eigenvalue weighted by Gasteiger charge is 2.26. The number of hydrogen-bond acceptors (Lipinski definition) is 4. The largest absolute Gasteiger partial charge is 0.484 e. The molecule has 1 saturated carbocycles. The standard InChI is InChI=1S/C17H20N4O3/c1-10-5-11(2)7-13(6-10)24-9-16(22)20-21-17(23)15-8-14(18-19-15)12-3-4-12/h5-8,12H,3-4,9H2,1-2H3,(H,18,19)(H,20,22)(H,21,23). The first-order chi connectivity index (χ1) is 11.5. The molecule has 0 unspecified atom stereocenters. The van der Waals surface area contributed by atoms with E-state index in [2.05, 4.69) is 21.0 Å². The summed E-state index contributed by atoms with van der Waals surface area (Å²) in [6, 6.07) is 7.43. The Labute approximate surface area is 139 Å². The molecule has 1 aliphatic rings. The van der Waals surface area contributed by atoms with Gasteiger partial charge in [-0.25, -0.2) is 0 Å². The van der Waals surface area contributed by atoms with Gasteiger partial charge in [-0.1, -0.05) is 6.07 Å². The van der Waals surface area contributed by atoms with E-state index in [1.165, 1.54) is 0 Å². The lowest BCUT2D eigenvalue weighted by atomic mass is 10.1. The number of H-pyrrole nitrogens is 1. The fourth-order valence-electron chi connectivity index (χ4n) is 2.45. The Morgan fingerprint density at radius 2 is 1.88 bits per heavy atom. The molecule has 7 heteroatoms. The third-order valence-corrected chi connectivity index (χ3v) is 3.73. The van der Waals surface area contributed by atoms with E-state index in [9.17, 15) is 9.59 Å². The topological polar surface area (TPSA) is 96.1 Å². The lowest BCUT2D eigenvalue weighted by molar-refractivity contribution is -0.123. The van der Waals surface area contributed by atoms with Gasteiger partial charge in [0.05, 0.1) is 0 Å². The van der Waals surface area contributed by atoms with Crippen LogP contribution in [0.1, 0.15) is 46.1 Å². The van der Waals surface area contributed by atoms with Crippen molar-refractivity contribution in [3.63, 3.8) is 0 Å². The van der Waals surface area contributed by atoms with Crippen LogP contribution in [0, 0.1) is 13.8 Å². The van der Waals surface area contributed by atoms with Gasteiger partial charge in [-0.2, -0.15) is 5.10 Å². The van der Waals surface area contributed by atoms with Crippen LogP contribution >= 0.6 is 0 Å². The van der Waals surface area contributed by atoms with Crippen LogP contribution in [-0.2, 0) is 4.79 Å². The molecule has 0 saturated heterocycles. The van der Waals surface area contributed by atoms with Gasteiger partial charge in [0.15, 0.2) is 12.3 Å². The first kappa shape index (κ1) is 16.0. The third kappa shape index (κ3) is 4.13. The van der Waals surface area contributed by atoms with Crippen LogP contribution in [0.2, 0.25) is 0 Å². The van der Waals surface area contributed by atoms with Gasteiger partial charge < -0.3 is 4.74 Å². The second kappa shape index (κ2) is 6.74. The van der Waals surface area contributed by atoms with Crippen molar-refractivity contribution < 1.29 is 14.3 Å². The van der Waals surface area contributed by atoms with Crippen LogP contribution < -0.4 is 15.6 Å². The van der Waals surface area contributed by atoms with Crippen LogP contribution in [0.25, 0.3) is 0 Å². The summed E-state index contributed by atoms with van der Waals surface area (Å²) in [4.78, 5) is 23.7. The van der Waals surface area contributed by atoms with E-state index in [-0.39, 0.29) is 12.3 Å². The summed E-state index contributed by atoms with van der Waals surface area (Å²) in [5.41, 5.74) is 7.98. The molecule has 7 nitrogen and oxygen atoms in total. The molecule has 0 aliphatic heterocycles. The predicted octanol–water partition coefficient (Wildman–Crippen LogP) is 1.74. The molecular formula is C17H20N4O3. The Balaban J connectivity index is 1.45. The molecule has 2 aromatic rings. The van der Waals surface area contributed by atoms with E-state index in [1.54, 1.807) is 6.07 Å². The van der Waals surface area contributed by atoms with Crippen molar-refractivity contribution in [2.45, 2.75) is 32.6 Å². The van der Waals surface area contributed by atoms with Gasteiger partial charge in [-0.05, 0) is 56.0 Å². The maximum atomic E-state index is 11.9. The van der Waals surface area contributed by atoms with Crippen LogP contribution in [0.5, 0.6) is 5.75 Å². The van der Waals surface area contributed by atoms with Gasteiger partial charge in [0.1, 0.15) is 5.75 Å². The zero-order chi connectivity index (χ0) is 17.1. The van der Waals surface area contributed by atoms with E-state index >= 15 is 0 Å². The number of rotatable bonds is 5. The number of carbonyl (C=O) groups excluding carboxylic acids is 2. The Kier molecular flexibility index (Phi) is 4.50. The Hall–Kier alpha value is -2.83. The molecule has 1 aromatic carbocycles. The monoisotopic (exact) mass is 328 g/mol. The minimum atomic E-state index is -0.460.